The number of aryl methyl sites for hydroxylation is 1. The van der Waals surface area contributed by atoms with E-state index >= 15 is 0 Å². The summed E-state index contributed by atoms with van der Waals surface area (Å²) in [5.74, 6) is -0.0804. The molecule has 1 heterocycles. The smallest absolute Gasteiger partial charge is 0.337 e. The third kappa shape index (κ3) is 2.29. The van der Waals surface area contributed by atoms with Gasteiger partial charge in [0, 0.05) is 13.5 Å². The van der Waals surface area contributed by atoms with E-state index < -0.39 is 5.97 Å². The van der Waals surface area contributed by atoms with Crippen molar-refractivity contribution in [3.63, 3.8) is 0 Å². The fraction of sp³-hybridized carbons (Fsp3) is 0.467. The summed E-state index contributed by atoms with van der Waals surface area (Å²) < 4.78 is 7.37. The van der Waals surface area contributed by atoms with Gasteiger partial charge in [0.05, 0.1) is 23.2 Å². The highest BCUT2D eigenvalue weighted by Crippen LogP contribution is 2.28. The Labute approximate surface area is 118 Å². The molecule has 2 aromatic rings. The molecule has 0 saturated heterocycles. The van der Waals surface area contributed by atoms with Crippen LogP contribution in [0.2, 0.25) is 0 Å². The zero-order valence-electron chi connectivity index (χ0n) is 12.3. The molecule has 2 rings (SSSR count). The number of hydrogen-bond donors (Lipinski definition) is 1. The summed E-state index contributed by atoms with van der Waals surface area (Å²) >= 11 is 0. The van der Waals surface area contributed by atoms with E-state index in [4.69, 9.17) is 4.74 Å². The number of para-hydroxylation sites is 1. The number of benzene rings is 1. The third-order valence-corrected chi connectivity index (χ3v) is 3.40. The topological polar surface area (TPSA) is 64.3 Å². The van der Waals surface area contributed by atoms with Crippen LogP contribution in [0.1, 0.15) is 37.0 Å². The average molecular weight is 276 g/mol. The zero-order valence-corrected chi connectivity index (χ0v) is 12.3. The number of carbonyl (C=O) groups is 1. The lowest BCUT2D eigenvalue weighted by atomic mass is 10.1. The first-order valence-corrected chi connectivity index (χ1v) is 6.65. The summed E-state index contributed by atoms with van der Waals surface area (Å²) in [7, 11) is 1.66. The van der Waals surface area contributed by atoms with E-state index in [1.807, 2.05) is 13.0 Å². The molecule has 0 aliphatic carbocycles. The van der Waals surface area contributed by atoms with Crippen molar-refractivity contribution in [2.75, 3.05) is 13.7 Å². The molecular formula is C15H20N2O3. The lowest BCUT2D eigenvalue weighted by molar-refractivity contribution is 0.0699. The fourth-order valence-electron chi connectivity index (χ4n) is 2.65. The number of nitrogens with zero attached hydrogens (tertiary/aromatic N) is 2. The first-order chi connectivity index (χ1) is 9.42. The van der Waals surface area contributed by atoms with Gasteiger partial charge in [-0.3, -0.25) is 0 Å². The SMILES string of the molecule is CCc1nc2c(C(=O)O)cccc2n1C(C)(C)COC. The molecular weight excluding hydrogens is 256 g/mol. The van der Waals surface area contributed by atoms with Crippen molar-refractivity contribution < 1.29 is 14.6 Å². The normalized spacial score (nSPS) is 12.0. The van der Waals surface area contributed by atoms with Crippen molar-refractivity contribution in [2.45, 2.75) is 32.7 Å². The van der Waals surface area contributed by atoms with Crippen molar-refractivity contribution in [2.24, 2.45) is 0 Å². The highest BCUT2D eigenvalue weighted by molar-refractivity contribution is 6.01. The molecule has 5 nitrogen and oxygen atoms in total. The second-order valence-corrected chi connectivity index (χ2v) is 5.44. The Morgan fingerprint density at radius 2 is 2.15 bits per heavy atom. The van der Waals surface area contributed by atoms with Gasteiger partial charge in [-0.05, 0) is 26.0 Å². The number of aromatic carboxylic acids is 1. The monoisotopic (exact) mass is 276 g/mol. The van der Waals surface area contributed by atoms with Gasteiger partial charge in [0.1, 0.15) is 11.3 Å². The minimum atomic E-state index is -0.951. The third-order valence-electron chi connectivity index (χ3n) is 3.40. The predicted molar refractivity (Wildman–Crippen MR) is 77.3 cm³/mol. The quantitative estimate of drug-likeness (QED) is 0.912. The van der Waals surface area contributed by atoms with Crippen LogP contribution in [0.5, 0.6) is 0 Å². The number of methoxy groups -OCH3 is 1. The van der Waals surface area contributed by atoms with E-state index in [1.54, 1.807) is 19.2 Å². The summed E-state index contributed by atoms with van der Waals surface area (Å²) in [6.45, 7) is 6.66. The van der Waals surface area contributed by atoms with E-state index in [0.717, 1.165) is 17.8 Å². The molecule has 0 fully saturated rings. The lowest BCUT2D eigenvalue weighted by Gasteiger charge is -2.28. The summed E-state index contributed by atoms with van der Waals surface area (Å²) in [4.78, 5) is 15.9. The van der Waals surface area contributed by atoms with Crippen molar-refractivity contribution in [3.05, 3.63) is 29.6 Å². The summed E-state index contributed by atoms with van der Waals surface area (Å²) in [5.41, 5.74) is 1.33. The molecule has 20 heavy (non-hydrogen) atoms. The number of hydrogen-bond acceptors (Lipinski definition) is 3. The number of fused-ring (bicyclic) bond motifs is 1. The number of rotatable bonds is 5. The van der Waals surface area contributed by atoms with Gasteiger partial charge in [0.25, 0.3) is 0 Å². The molecule has 5 heteroatoms. The van der Waals surface area contributed by atoms with Gasteiger partial charge in [-0.15, -0.1) is 0 Å². The summed E-state index contributed by atoms with van der Waals surface area (Å²) in [5, 5.41) is 9.29. The standard InChI is InChI=1S/C15H20N2O3/c1-5-12-16-13-10(14(18)19)7-6-8-11(13)17(12)15(2,3)9-20-4/h6-8H,5,9H2,1-4H3,(H,18,19). The van der Waals surface area contributed by atoms with Crippen LogP contribution >= 0.6 is 0 Å². The molecule has 1 aromatic carbocycles. The van der Waals surface area contributed by atoms with Gasteiger partial charge < -0.3 is 14.4 Å². The zero-order chi connectivity index (χ0) is 14.9. The first-order valence-electron chi connectivity index (χ1n) is 6.65. The molecule has 0 atom stereocenters. The van der Waals surface area contributed by atoms with Gasteiger partial charge in [0.2, 0.25) is 0 Å². The largest absolute Gasteiger partial charge is 0.478 e. The van der Waals surface area contributed by atoms with E-state index in [9.17, 15) is 9.90 Å². The second-order valence-electron chi connectivity index (χ2n) is 5.44. The molecule has 0 bridgehead atoms. The van der Waals surface area contributed by atoms with Gasteiger partial charge in [-0.2, -0.15) is 0 Å². The van der Waals surface area contributed by atoms with Crippen molar-refractivity contribution in [1.29, 1.82) is 0 Å². The maximum atomic E-state index is 11.3. The highest BCUT2D eigenvalue weighted by atomic mass is 16.5. The van der Waals surface area contributed by atoms with Crippen molar-refractivity contribution in [3.8, 4) is 0 Å². The molecule has 0 unspecified atom stereocenters. The molecule has 108 valence electrons. The second kappa shape index (κ2) is 5.25. The predicted octanol–water partition coefficient (Wildman–Crippen LogP) is 2.68. The number of ether oxygens (including phenoxy) is 1. The van der Waals surface area contributed by atoms with E-state index in [2.05, 4.69) is 23.4 Å². The maximum Gasteiger partial charge on any atom is 0.337 e. The minimum Gasteiger partial charge on any atom is -0.478 e. The first kappa shape index (κ1) is 14.5. The van der Waals surface area contributed by atoms with E-state index in [0.29, 0.717) is 12.1 Å². The van der Waals surface area contributed by atoms with Crippen LogP contribution in [0.25, 0.3) is 11.0 Å². The van der Waals surface area contributed by atoms with Crippen molar-refractivity contribution in [1.82, 2.24) is 9.55 Å². The Morgan fingerprint density at radius 3 is 2.70 bits per heavy atom. The molecule has 0 aliphatic heterocycles. The highest BCUT2D eigenvalue weighted by Gasteiger charge is 2.27. The molecule has 0 spiro atoms. The van der Waals surface area contributed by atoms with E-state index in [1.165, 1.54) is 0 Å². The maximum absolute atomic E-state index is 11.3. The molecule has 0 saturated carbocycles. The van der Waals surface area contributed by atoms with Crippen LogP contribution in [0.3, 0.4) is 0 Å². The molecule has 0 radical (unpaired) electrons. The Kier molecular flexibility index (Phi) is 3.81. The number of imidazole rings is 1. The Hall–Kier alpha value is -1.88. The molecule has 1 aromatic heterocycles. The number of carboxylic acids is 1. The Balaban J connectivity index is 2.77. The van der Waals surface area contributed by atoms with Gasteiger partial charge in [0.15, 0.2) is 0 Å². The van der Waals surface area contributed by atoms with E-state index in [-0.39, 0.29) is 11.1 Å². The van der Waals surface area contributed by atoms with Gasteiger partial charge in [-0.1, -0.05) is 13.0 Å². The average Bonchev–Trinajstić information content (AvgIpc) is 2.77. The fourth-order valence-corrected chi connectivity index (χ4v) is 2.65. The Morgan fingerprint density at radius 1 is 1.45 bits per heavy atom. The Bertz CT molecular complexity index is 644. The summed E-state index contributed by atoms with van der Waals surface area (Å²) in [6.07, 6.45) is 0.737. The lowest BCUT2D eigenvalue weighted by Crippen LogP contribution is -2.32. The van der Waals surface area contributed by atoms with Crippen LogP contribution in [0.4, 0.5) is 0 Å². The van der Waals surface area contributed by atoms with Crippen LogP contribution in [0.15, 0.2) is 18.2 Å². The van der Waals surface area contributed by atoms with Crippen molar-refractivity contribution >= 4 is 17.0 Å². The van der Waals surface area contributed by atoms with Crippen LogP contribution < -0.4 is 0 Å². The van der Waals surface area contributed by atoms with Crippen LogP contribution in [0, 0.1) is 0 Å². The van der Waals surface area contributed by atoms with Gasteiger partial charge >= 0.3 is 5.97 Å². The van der Waals surface area contributed by atoms with Crippen LogP contribution in [-0.4, -0.2) is 34.3 Å². The summed E-state index contributed by atoms with van der Waals surface area (Å²) in [6, 6.07) is 5.25. The molecule has 0 aliphatic rings. The van der Waals surface area contributed by atoms with Gasteiger partial charge in [-0.25, -0.2) is 9.78 Å². The minimum absolute atomic E-state index is 0.240. The molecule has 0 amide bonds. The number of aromatic nitrogens is 2. The molecule has 1 N–H and O–H groups in total. The van der Waals surface area contributed by atoms with Crippen LogP contribution in [-0.2, 0) is 16.7 Å². The number of carboxylic acid groups (broad SMARTS) is 1.